The summed E-state index contributed by atoms with van der Waals surface area (Å²) in [5, 5.41) is -0.0543. The van der Waals surface area contributed by atoms with E-state index in [9.17, 15) is 13.2 Å². The topological polar surface area (TPSA) is 78.3 Å². The molecular formula is C8H12N2O4S. The van der Waals surface area contributed by atoms with Crippen LogP contribution in [0.4, 0.5) is 0 Å². The van der Waals surface area contributed by atoms with Crippen LogP contribution < -0.4 is 0 Å². The number of nitrogens with zero attached hydrogens (tertiary/aromatic N) is 2. The second-order valence-electron chi connectivity index (χ2n) is 3.12. The number of imidazole rings is 1. The fraction of sp³-hybridized carbons (Fsp3) is 0.500. The van der Waals surface area contributed by atoms with Crippen molar-refractivity contribution in [3.05, 3.63) is 11.9 Å². The lowest BCUT2D eigenvalue weighted by atomic mass is 10.3. The van der Waals surface area contributed by atoms with Crippen LogP contribution in [0.1, 0.15) is 5.69 Å². The lowest BCUT2D eigenvalue weighted by molar-refractivity contribution is -0.139. The molecule has 0 fully saturated rings. The van der Waals surface area contributed by atoms with Gasteiger partial charge < -0.3 is 9.30 Å². The van der Waals surface area contributed by atoms with Crippen molar-refractivity contribution in [2.24, 2.45) is 7.05 Å². The molecule has 6 nitrogen and oxygen atoms in total. The Morgan fingerprint density at radius 2 is 2.20 bits per heavy atom. The SMILES string of the molecule is COC(=O)Cc1cnc(S(C)(=O)=O)n1C. The molecule has 1 heterocycles. The molecule has 0 saturated heterocycles. The fourth-order valence-electron chi connectivity index (χ4n) is 1.15. The van der Waals surface area contributed by atoms with Crippen LogP contribution in [-0.4, -0.2) is 37.3 Å². The monoisotopic (exact) mass is 232 g/mol. The molecule has 84 valence electrons. The van der Waals surface area contributed by atoms with Crippen LogP contribution in [0.5, 0.6) is 0 Å². The number of carbonyl (C=O) groups is 1. The van der Waals surface area contributed by atoms with E-state index >= 15 is 0 Å². The second kappa shape index (κ2) is 4.01. The van der Waals surface area contributed by atoms with E-state index in [1.165, 1.54) is 17.9 Å². The summed E-state index contributed by atoms with van der Waals surface area (Å²) in [4.78, 5) is 14.7. The van der Waals surface area contributed by atoms with Crippen molar-refractivity contribution in [2.75, 3.05) is 13.4 Å². The summed E-state index contributed by atoms with van der Waals surface area (Å²) in [5.41, 5.74) is 0.502. The molecule has 7 heteroatoms. The smallest absolute Gasteiger partial charge is 0.311 e. The van der Waals surface area contributed by atoms with Crippen molar-refractivity contribution < 1.29 is 17.9 Å². The molecule has 0 saturated carbocycles. The first-order valence-electron chi connectivity index (χ1n) is 4.13. The number of hydrogen-bond donors (Lipinski definition) is 0. The van der Waals surface area contributed by atoms with Crippen LogP contribution in [-0.2, 0) is 32.8 Å². The van der Waals surface area contributed by atoms with Gasteiger partial charge >= 0.3 is 5.97 Å². The maximum Gasteiger partial charge on any atom is 0.311 e. The predicted molar refractivity (Wildman–Crippen MR) is 52.0 cm³/mol. The molecule has 1 rings (SSSR count). The fourth-order valence-corrected chi connectivity index (χ4v) is 2.01. The Morgan fingerprint density at radius 1 is 1.60 bits per heavy atom. The van der Waals surface area contributed by atoms with Crippen LogP contribution >= 0.6 is 0 Å². The lowest BCUT2D eigenvalue weighted by Gasteiger charge is -2.03. The van der Waals surface area contributed by atoms with Crippen LogP contribution in [0.3, 0.4) is 0 Å². The minimum Gasteiger partial charge on any atom is -0.469 e. The van der Waals surface area contributed by atoms with E-state index in [1.807, 2.05) is 0 Å². The number of methoxy groups -OCH3 is 1. The molecule has 1 aromatic rings. The maximum atomic E-state index is 11.2. The van der Waals surface area contributed by atoms with Crippen molar-refractivity contribution in [1.29, 1.82) is 0 Å². The van der Waals surface area contributed by atoms with Gasteiger partial charge in [0.15, 0.2) is 0 Å². The van der Waals surface area contributed by atoms with Crippen molar-refractivity contribution in [2.45, 2.75) is 11.6 Å². The molecule has 0 aromatic carbocycles. The Labute approximate surface area is 87.8 Å². The van der Waals surface area contributed by atoms with Crippen LogP contribution in [0.15, 0.2) is 11.4 Å². The first-order valence-corrected chi connectivity index (χ1v) is 6.03. The lowest BCUT2D eigenvalue weighted by Crippen LogP contribution is -2.11. The predicted octanol–water partition coefficient (Wildman–Crippen LogP) is -0.461. The molecule has 0 radical (unpaired) electrons. The van der Waals surface area contributed by atoms with Gasteiger partial charge in [0, 0.05) is 19.0 Å². The summed E-state index contributed by atoms with van der Waals surface area (Å²) in [5.74, 6) is -0.432. The summed E-state index contributed by atoms with van der Waals surface area (Å²) < 4.78 is 28.3. The number of hydrogen-bond acceptors (Lipinski definition) is 5. The molecule has 0 bridgehead atoms. The van der Waals surface area contributed by atoms with Gasteiger partial charge in [-0.2, -0.15) is 0 Å². The zero-order chi connectivity index (χ0) is 11.6. The normalized spacial score (nSPS) is 11.4. The van der Waals surface area contributed by atoms with Gasteiger partial charge in [0.25, 0.3) is 0 Å². The third-order valence-electron chi connectivity index (χ3n) is 1.93. The zero-order valence-corrected chi connectivity index (χ0v) is 9.54. The van der Waals surface area contributed by atoms with Crippen LogP contribution in [0.2, 0.25) is 0 Å². The third-order valence-corrected chi connectivity index (χ3v) is 2.97. The maximum absolute atomic E-state index is 11.2. The minimum absolute atomic E-state index is 0.00944. The van der Waals surface area contributed by atoms with E-state index in [1.54, 1.807) is 7.05 Å². The zero-order valence-electron chi connectivity index (χ0n) is 8.72. The van der Waals surface area contributed by atoms with Crippen molar-refractivity contribution >= 4 is 15.8 Å². The van der Waals surface area contributed by atoms with Gasteiger partial charge in [0.05, 0.1) is 19.7 Å². The van der Waals surface area contributed by atoms with Crippen molar-refractivity contribution in [3.63, 3.8) is 0 Å². The molecule has 15 heavy (non-hydrogen) atoms. The average Bonchev–Trinajstić information content (AvgIpc) is 2.47. The first kappa shape index (κ1) is 11.7. The minimum atomic E-state index is -3.36. The van der Waals surface area contributed by atoms with E-state index < -0.39 is 15.8 Å². The van der Waals surface area contributed by atoms with Gasteiger partial charge in [-0.25, -0.2) is 13.4 Å². The second-order valence-corrected chi connectivity index (χ2v) is 5.03. The highest BCUT2D eigenvalue weighted by molar-refractivity contribution is 7.90. The summed E-state index contributed by atoms with van der Waals surface area (Å²) in [6, 6.07) is 0. The molecule has 0 aliphatic heterocycles. The molecule has 0 unspecified atom stereocenters. The molecule has 0 spiro atoms. The Kier molecular flexibility index (Phi) is 3.13. The molecule has 1 aromatic heterocycles. The molecular weight excluding hydrogens is 220 g/mol. The van der Waals surface area contributed by atoms with Gasteiger partial charge in [0.1, 0.15) is 0 Å². The summed E-state index contributed by atoms with van der Waals surface area (Å²) in [6.45, 7) is 0. The quantitative estimate of drug-likeness (QED) is 0.659. The summed E-state index contributed by atoms with van der Waals surface area (Å²) in [6.07, 6.45) is 2.43. The van der Waals surface area contributed by atoms with E-state index in [-0.39, 0.29) is 11.6 Å². The van der Waals surface area contributed by atoms with Gasteiger partial charge in [0.2, 0.25) is 15.0 Å². The number of rotatable bonds is 3. The van der Waals surface area contributed by atoms with Crippen LogP contribution in [0.25, 0.3) is 0 Å². The highest BCUT2D eigenvalue weighted by Crippen LogP contribution is 2.09. The molecule has 0 atom stereocenters. The number of carbonyl (C=O) groups excluding carboxylic acids is 1. The van der Waals surface area contributed by atoms with E-state index in [4.69, 9.17) is 0 Å². The molecule has 0 amide bonds. The Balaban J connectivity index is 3.05. The van der Waals surface area contributed by atoms with Gasteiger partial charge in [-0.05, 0) is 0 Å². The van der Waals surface area contributed by atoms with Crippen LogP contribution in [0, 0.1) is 0 Å². The van der Waals surface area contributed by atoms with E-state index in [0.29, 0.717) is 5.69 Å². The summed E-state index contributed by atoms with van der Waals surface area (Å²) >= 11 is 0. The molecule has 0 aliphatic rings. The average molecular weight is 232 g/mol. The number of esters is 1. The molecule has 0 aliphatic carbocycles. The third kappa shape index (κ3) is 2.56. The van der Waals surface area contributed by atoms with Gasteiger partial charge in [-0.15, -0.1) is 0 Å². The Hall–Kier alpha value is -1.37. The number of ether oxygens (including phenoxy) is 1. The number of sulfone groups is 1. The van der Waals surface area contributed by atoms with E-state index in [0.717, 1.165) is 6.26 Å². The molecule has 0 N–H and O–H groups in total. The standard InChI is InChI=1S/C8H12N2O4S/c1-10-6(4-7(11)14-2)5-9-8(10)15(3,12)13/h5H,4H2,1-3H3. The van der Waals surface area contributed by atoms with Gasteiger partial charge in [-0.1, -0.05) is 0 Å². The Bertz CT molecular complexity index is 475. The first-order chi connectivity index (χ1) is 6.86. The highest BCUT2D eigenvalue weighted by Gasteiger charge is 2.17. The Morgan fingerprint density at radius 3 is 2.60 bits per heavy atom. The van der Waals surface area contributed by atoms with E-state index in [2.05, 4.69) is 9.72 Å². The number of aromatic nitrogens is 2. The largest absolute Gasteiger partial charge is 0.469 e. The highest BCUT2D eigenvalue weighted by atomic mass is 32.2. The van der Waals surface area contributed by atoms with Crippen molar-refractivity contribution in [1.82, 2.24) is 9.55 Å². The van der Waals surface area contributed by atoms with Crippen molar-refractivity contribution in [3.8, 4) is 0 Å². The summed E-state index contributed by atoms with van der Waals surface area (Å²) in [7, 11) is -0.538. The van der Waals surface area contributed by atoms with Gasteiger partial charge in [-0.3, -0.25) is 4.79 Å².